The summed E-state index contributed by atoms with van der Waals surface area (Å²) in [6.45, 7) is 0. The van der Waals surface area contributed by atoms with E-state index < -0.39 is 0 Å². The van der Waals surface area contributed by atoms with Crippen LogP contribution in [0.15, 0.2) is 41.3 Å². The largest absolute Gasteiger partial charge is 0.356 e. The number of benzene rings is 1. The number of H-pyrrole nitrogens is 1. The molecule has 0 aliphatic carbocycles. The highest BCUT2D eigenvalue weighted by Gasteiger charge is 1.91. The van der Waals surface area contributed by atoms with Gasteiger partial charge in [-0.15, -0.1) is 10.2 Å². The fraction of sp³-hybridized carbons (Fsp3) is 0. The van der Waals surface area contributed by atoms with E-state index in [-0.39, 0.29) is 0 Å². The van der Waals surface area contributed by atoms with Crippen LogP contribution in [0.5, 0.6) is 0 Å². The first-order chi connectivity index (χ1) is 6.97. The fourth-order valence-electron chi connectivity index (χ4n) is 0.939. The monoisotopic (exact) mass is 189 g/mol. The quantitative estimate of drug-likeness (QED) is 0.571. The van der Waals surface area contributed by atoms with Crippen molar-refractivity contribution in [3.05, 3.63) is 36.8 Å². The van der Waals surface area contributed by atoms with E-state index in [1.807, 2.05) is 24.3 Å². The lowest BCUT2D eigenvalue weighted by atomic mass is 10.3. The molecule has 6 heteroatoms. The number of para-hydroxylation sites is 1. The van der Waals surface area contributed by atoms with Crippen molar-refractivity contribution in [3.8, 4) is 0 Å². The summed E-state index contributed by atoms with van der Waals surface area (Å²) < 4.78 is 4.87. The molecule has 2 aromatic heterocycles. The Morgan fingerprint density at radius 2 is 2.14 bits per heavy atom. The predicted molar refractivity (Wildman–Crippen MR) is 48.2 cm³/mol. The number of aromatic amines is 1. The van der Waals surface area contributed by atoms with Crippen LogP contribution < -0.4 is 0 Å². The van der Waals surface area contributed by atoms with Gasteiger partial charge in [-0.05, 0) is 12.1 Å². The van der Waals surface area contributed by atoms with Crippen molar-refractivity contribution in [2.24, 2.45) is 0 Å². The van der Waals surface area contributed by atoms with Crippen molar-refractivity contribution in [3.63, 3.8) is 0 Å². The van der Waals surface area contributed by atoms with E-state index in [4.69, 9.17) is 4.52 Å². The van der Waals surface area contributed by atoms with Gasteiger partial charge < -0.3 is 4.52 Å². The predicted octanol–water partition coefficient (Wildman–Crippen LogP) is 1.03. The van der Waals surface area contributed by atoms with Gasteiger partial charge in [0.15, 0.2) is 11.9 Å². The van der Waals surface area contributed by atoms with Crippen molar-refractivity contribution in [1.82, 2.24) is 25.8 Å². The topological polar surface area (TPSA) is 80.5 Å². The van der Waals surface area contributed by atoms with E-state index >= 15 is 0 Å². The number of hydrogen-bond donors (Lipinski definition) is 1. The van der Waals surface area contributed by atoms with Gasteiger partial charge in [-0.25, -0.2) is 0 Å². The number of fused-ring (bicyclic) bond motifs is 1. The maximum atomic E-state index is 4.87. The lowest BCUT2D eigenvalue weighted by molar-refractivity contribution is 0.456. The van der Waals surface area contributed by atoms with E-state index in [1.165, 1.54) is 6.33 Å². The molecular weight excluding hydrogens is 182 g/mol. The van der Waals surface area contributed by atoms with Gasteiger partial charge in [-0.1, -0.05) is 22.5 Å². The molecule has 0 bridgehead atoms. The van der Waals surface area contributed by atoms with Crippen LogP contribution in [0.4, 0.5) is 0 Å². The molecule has 0 aliphatic rings. The molecule has 1 aromatic carbocycles. The van der Waals surface area contributed by atoms with Crippen molar-refractivity contribution in [1.29, 1.82) is 0 Å². The van der Waals surface area contributed by atoms with Gasteiger partial charge in [0, 0.05) is 5.39 Å². The molecule has 0 atom stereocenters. The Balaban J connectivity index is 0.000000128. The third-order valence-electron chi connectivity index (χ3n) is 1.53. The van der Waals surface area contributed by atoms with E-state index in [9.17, 15) is 0 Å². The summed E-state index contributed by atoms with van der Waals surface area (Å²) in [4.78, 5) is 0. The van der Waals surface area contributed by atoms with E-state index in [0.717, 1.165) is 11.0 Å². The summed E-state index contributed by atoms with van der Waals surface area (Å²) in [5.74, 6) is 0. The van der Waals surface area contributed by atoms with E-state index in [1.54, 1.807) is 6.20 Å². The normalized spacial score (nSPS) is 9.43. The smallest absolute Gasteiger partial charge is 0.166 e. The SMILES string of the molecule is c1ccc2oncc2c1.c1nn[nH]n1. The lowest BCUT2D eigenvalue weighted by Crippen LogP contribution is -1.64. The Morgan fingerprint density at radius 3 is 2.79 bits per heavy atom. The number of nitrogens with one attached hydrogen (secondary N) is 1. The number of hydrogen-bond acceptors (Lipinski definition) is 5. The summed E-state index contributed by atoms with van der Waals surface area (Å²) in [6.07, 6.45) is 3.04. The van der Waals surface area contributed by atoms with Crippen molar-refractivity contribution in [2.75, 3.05) is 0 Å². The molecule has 0 amide bonds. The molecule has 2 heterocycles. The van der Waals surface area contributed by atoms with E-state index in [0.29, 0.717) is 0 Å². The molecule has 0 spiro atoms. The Labute approximate surface area is 78.9 Å². The molecule has 0 fully saturated rings. The number of aromatic nitrogens is 5. The molecule has 0 unspecified atom stereocenters. The number of nitrogens with zero attached hydrogens (tertiary/aromatic N) is 4. The average molecular weight is 189 g/mol. The van der Waals surface area contributed by atoms with Gasteiger partial charge >= 0.3 is 0 Å². The minimum Gasteiger partial charge on any atom is -0.356 e. The second-order valence-corrected chi connectivity index (χ2v) is 2.42. The molecule has 14 heavy (non-hydrogen) atoms. The first-order valence-corrected chi connectivity index (χ1v) is 3.92. The van der Waals surface area contributed by atoms with Gasteiger partial charge in [0.2, 0.25) is 0 Å². The molecule has 6 nitrogen and oxygen atoms in total. The van der Waals surface area contributed by atoms with Gasteiger partial charge in [0.1, 0.15) is 0 Å². The molecule has 3 rings (SSSR count). The Kier molecular flexibility index (Phi) is 2.46. The Bertz CT molecular complexity index is 428. The lowest BCUT2D eigenvalue weighted by Gasteiger charge is -1.78. The molecule has 0 aliphatic heterocycles. The highest BCUT2D eigenvalue weighted by atomic mass is 16.5. The number of rotatable bonds is 0. The molecule has 70 valence electrons. The van der Waals surface area contributed by atoms with Crippen molar-refractivity contribution in [2.45, 2.75) is 0 Å². The van der Waals surface area contributed by atoms with Crippen LogP contribution >= 0.6 is 0 Å². The number of tetrazole rings is 1. The zero-order valence-corrected chi connectivity index (χ0v) is 7.16. The van der Waals surface area contributed by atoms with Crippen LogP contribution in [0.2, 0.25) is 0 Å². The minimum atomic E-state index is 0.845. The fourth-order valence-corrected chi connectivity index (χ4v) is 0.939. The third kappa shape index (κ3) is 1.92. The van der Waals surface area contributed by atoms with Crippen LogP contribution in [0.1, 0.15) is 0 Å². The van der Waals surface area contributed by atoms with Crippen molar-refractivity contribution >= 4 is 11.0 Å². The third-order valence-corrected chi connectivity index (χ3v) is 1.53. The Hall–Kier alpha value is -2.24. The van der Waals surface area contributed by atoms with Gasteiger partial charge in [-0.3, -0.25) is 0 Å². The summed E-state index contributed by atoms with van der Waals surface area (Å²) >= 11 is 0. The average Bonchev–Trinajstić information content (AvgIpc) is 2.92. The summed E-state index contributed by atoms with van der Waals surface area (Å²) in [5, 5.41) is 16.8. The molecule has 0 saturated carbocycles. The van der Waals surface area contributed by atoms with E-state index in [2.05, 4.69) is 25.8 Å². The standard InChI is InChI=1S/C7H5NO.CH2N4/c1-2-4-7-6(3-1)5-8-9-7;1-2-4-5-3-1/h1-5H;1H,(H,2,3,4,5). The van der Waals surface area contributed by atoms with Crippen LogP contribution in [-0.2, 0) is 0 Å². The molecule has 1 N–H and O–H groups in total. The summed E-state index contributed by atoms with van der Waals surface area (Å²) in [7, 11) is 0. The second kappa shape index (κ2) is 4.13. The molecule has 3 aromatic rings. The van der Waals surface area contributed by atoms with Gasteiger partial charge in [0.25, 0.3) is 0 Å². The molecule has 0 radical (unpaired) electrons. The maximum absolute atomic E-state index is 4.87. The highest BCUT2D eigenvalue weighted by Crippen LogP contribution is 2.10. The van der Waals surface area contributed by atoms with Gasteiger partial charge in [-0.2, -0.15) is 5.21 Å². The minimum absolute atomic E-state index is 0.845. The first-order valence-electron chi connectivity index (χ1n) is 3.92. The molecular formula is C8H7N5O. The molecule has 0 saturated heterocycles. The van der Waals surface area contributed by atoms with Crippen LogP contribution in [0.25, 0.3) is 11.0 Å². The Morgan fingerprint density at radius 1 is 1.21 bits per heavy atom. The van der Waals surface area contributed by atoms with Crippen LogP contribution in [-0.4, -0.2) is 25.8 Å². The zero-order chi connectivity index (χ0) is 9.64. The zero-order valence-electron chi connectivity index (χ0n) is 7.16. The van der Waals surface area contributed by atoms with Crippen LogP contribution in [0.3, 0.4) is 0 Å². The first kappa shape index (κ1) is 8.36. The second-order valence-electron chi connectivity index (χ2n) is 2.42. The summed E-state index contributed by atoms with van der Waals surface area (Å²) in [5.41, 5.74) is 0.845. The summed E-state index contributed by atoms with van der Waals surface area (Å²) in [6, 6.07) is 7.74. The van der Waals surface area contributed by atoms with Gasteiger partial charge in [0.05, 0.1) is 6.20 Å². The van der Waals surface area contributed by atoms with Crippen LogP contribution in [0, 0.1) is 0 Å². The maximum Gasteiger partial charge on any atom is 0.166 e. The highest BCUT2D eigenvalue weighted by molar-refractivity contribution is 5.75. The van der Waals surface area contributed by atoms with Crippen molar-refractivity contribution < 1.29 is 4.52 Å².